The van der Waals surface area contributed by atoms with Crippen LogP contribution >= 0.6 is 11.3 Å². The number of rotatable bonds is 4. The van der Waals surface area contributed by atoms with Gasteiger partial charge in [-0.2, -0.15) is 13.2 Å². The number of carbonyl (C=O) groups excluding carboxylic acids is 1. The summed E-state index contributed by atoms with van der Waals surface area (Å²) in [6.07, 6.45) is -3.73. The Hall–Kier alpha value is -2.56. The molecule has 0 radical (unpaired) electrons. The molecular formula is C19H17F3N4O2S. The van der Waals surface area contributed by atoms with Crippen LogP contribution in [0.1, 0.15) is 21.6 Å². The maximum absolute atomic E-state index is 13.7. The van der Waals surface area contributed by atoms with E-state index < -0.39 is 23.2 Å². The van der Waals surface area contributed by atoms with E-state index in [-0.39, 0.29) is 16.0 Å². The number of carbonyl (C=O) groups is 1. The smallest absolute Gasteiger partial charge is 0.379 e. The molecule has 29 heavy (non-hydrogen) atoms. The molecule has 1 aliphatic heterocycles. The lowest BCUT2D eigenvalue weighted by atomic mass is 10.0. The van der Waals surface area contributed by atoms with Crippen molar-refractivity contribution >= 4 is 33.3 Å². The van der Waals surface area contributed by atoms with Crippen LogP contribution in [0.3, 0.4) is 0 Å². The highest BCUT2D eigenvalue weighted by atomic mass is 32.1. The summed E-state index contributed by atoms with van der Waals surface area (Å²) in [5.41, 5.74) is -0.592. The molecule has 1 amide bonds. The SMILES string of the molecule is O=C(Nc1nc(CN2CCOCC2)cs1)c1cnc2ccccc2c1C(F)(F)F. The van der Waals surface area contributed by atoms with Crippen molar-refractivity contribution in [3.05, 3.63) is 52.7 Å². The predicted octanol–water partition coefficient (Wildman–Crippen LogP) is 3.79. The number of hydrogen-bond donors (Lipinski definition) is 1. The van der Waals surface area contributed by atoms with Crippen molar-refractivity contribution in [1.82, 2.24) is 14.9 Å². The molecule has 1 aliphatic rings. The van der Waals surface area contributed by atoms with Gasteiger partial charge in [0.1, 0.15) is 0 Å². The fourth-order valence-corrected chi connectivity index (χ4v) is 3.91. The summed E-state index contributed by atoms with van der Waals surface area (Å²) < 4.78 is 46.4. The molecule has 1 N–H and O–H groups in total. The van der Waals surface area contributed by atoms with Gasteiger partial charge < -0.3 is 4.74 Å². The Morgan fingerprint density at radius 3 is 2.76 bits per heavy atom. The number of benzene rings is 1. The second-order valence-electron chi connectivity index (χ2n) is 6.55. The number of pyridine rings is 1. The molecule has 1 fully saturated rings. The third-order valence-electron chi connectivity index (χ3n) is 4.57. The summed E-state index contributed by atoms with van der Waals surface area (Å²) in [4.78, 5) is 23.1. The van der Waals surface area contributed by atoms with Crippen molar-refractivity contribution in [2.24, 2.45) is 0 Å². The first-order chi connectivity index (χ1) is 13.9. The molecule has 0 unspecified atom stereocenters. The molecule has 10 heteroatoms. The molecule has 1 saturated heterocycles. The quantitative estimate of drug-likeness (QED) is 0.693. The van der Waals surface area contributed by atoms with Crippen LogP contribution in [0, 0.1) is 0 Å². The van der Waals surface area contributed by atoms with Crippen LogP contribution in [0.2, 0.25) is 0 Å². The van der Waals surface area contributed by atoms with Crippen LogP contribution in [-0.4, -0.2) is 47.1 Å². The number of para-hydroxylation sites is 1. The minimum Gasteiger partial charge on any atom is -0.379 e. The van der Waals surface area contributed by atoms with Crippen molar-refractivity contribution in [3.8, 4) is 0 Å². The van der Waals surface area contributed by atoms with Crippen molar-refractivity contribution in [2.45, 2.75) is 12.7 Å². The maximum Gasteiger partial charge on any atom is 0.417 e. The molecule has 0 spiro atoms. The summed E-state index contributed by atoms with van der Waals surface area (Å²) in [6.45, 7) is 3.49. The van der Waals surface area contributed by atoms with Crippen LogP contribution in [0.15, 0.2) is 35.8 Å². The fraction of sp³-hybridized carbons (Fsp3) is 0.316. The monoisotopic (exact) mass is 422 g/mol. The Morgan fingerprint density at radius 2 is 2.00 bits per heavy atom. The van der Waals surface area contributed by atoms with Gasteiger partial charge in [-0.25, -0.2) is 4.98 Å². The highest BCUT2D eigenvalue weighted by Crippen LogP contribution is 2.37. The second-order valence-corrected chi connectivity index (χ2v) is 7.41. The zero-order valence-corrected chi connectivity index (χ0v) is 16.0. The first-order valence-electron chi connectivity index (χ1n) is 8.92. The molecule has 0 atom stereocenters. The van der Waals surface area contributed by atoms with Gasteiger partial charge in [-0.15, -0.1) is 11.3 Å². The van der Waals surface area contributed by atoms with Crippen molar-refractivity contribution in [3.63, 3.8) is 0 Å². The number of ether oxygens (including phenoxy) is 1. The van der Waals surface area contributed by atoms with Gasteiger partial charge in [0.25, 0.3) is 5.91 Å². The van der Waals surface area contributed by atoms with E-state index in [9.17, 15) is 18.0 Å². The number of amides is 1. The number of morpholine rings is 1. The molecule has 2 aromatic heterocycles. The van der Waals surface area contributed by atoms with E-state index in [4.69, 9.17) is 4.74 Å². The molecular weight excluding hydrogens is 405 g/mol. The van der Waals surface area contributed by atoms with Crippen molar-refractivity contribution in [1.29, 1.82) is 0 Å². The molecule has 1 aromatic carbocycles. The number of fused-ring (bicyclic) bond motifs is 1. The third-order valence-corrected chi connectivity index (χ3v) is 5.37. The van der Waals surface area contributed by atoms with E-state index in [2.05, 4.69) is 20.2 Å². The summed E-state index contributed by atoms with van der Waals surface area (Å²) in [5, 5.41) is 4.40. The largest absolute Gasteiger partial charge is 0.417 e. The standard InChI is InChI=1S/C19H17F3N4O2S/c20-19(21,22)16-13-3-1-2-4-15(13)23-9-14(16)17(27)25-18-24-12(11-29-18)10-26-5-7-28-8-6-26/h1-4,9,11H,5-8,10H2,(H,24,25,27). The average Bonchev–Trinajstić information content (AvgIpc) is 3.13. The molecule has 6 nitrogen and oxygen atoms in total. The number of halogens is 3. The zero-order valence-electron chi connectivity index (χ0n) is 15.2. The topological polar surface area (TPSA) is 67.4 Å². The normalized spacial score (nSPS) is 15.6. The minimum absolute atomic E-state index is 0.111. The van der Waals surface area contributed by atoms with E-state index in [1.165, 1.54) is 29.5 Å². The fourth-order valence-electron chi connectivity index (χ4n) is 3.21. The van der Waals surface area contributed by atoms with E-state index in [0.29, 0.717) is 19.8 Å². The number of thiazole rings is 1. The molecule has 0 bridgehead atoms. The third kappa shape index (κ3) is 4.39. The van der Waals surface area contributed by atoms with Crippen molar-refractivity contribution in [2.75, 3.05) is 31.6 Å². The van der Waals surface area contributed by atoms with Gasteiger partial charge in [0.2, 0.25) is 0 Å². The Morgan fingerprint density at radius 1 is 1.24 bits per heavy atom. The molecule has 152 valence electrons. The Labute approximate surface area is 168 Å². The van der Waals surface area contributed by atoms with Gasteiger partial charge >= 0.3 is 6.18 Å². The van der Waals surface area contributed by atoms with Gasteiger partial charge in [-0.05, 0) is 6.07 Å². The highest BCUT2D eigenvalue weighted by molar-refractivity contribution is 7.14. The average molecular weight is 422 g/mol. The molecule has 3 heterocycles. The predicted molar refractivity (Wildman–Crippen MR) is 103 cm³/mol. The van der Waals surface area contributed by atoms with Crippen molar-refractivity contribution < 1.29 is 22.7 Å². The number of nitrogens with one attached hydrogen (secondary N) is 1. The lowest BCUT2D eigenvalue weighted by Crippen LogP contribution is -2.35. The summed E-state index contributed by atoms with van der Waals surface area (Å²) in [7, 11) is 0. The number of aromatic nitrogens is 2. The van der Waals surface area contributed by atoms with Crippen LogP contribution in [0.5, 0.6) is 0 Å². The van der Waals surface area contributed by atoms with Crippen LogP contribution in [0.4, 0.5) is 18.3 Å². The van der Waals surface area contributed by atoms with Crippen LogP contribution in [-0.2, 0) is 17.5 Å². The lowest BCUT2D eigenvalue weighted by molar-refractivity contribution is -0.136. The Balaban J connectivity index is 1.57. The molecule has 3 aromatic rings. The molecule has 0 aliphatic carbocycles. The van der Waals surface area contributed by atoms with Crippen LogP contribution in [0.25, 0.3) is 10.9 Å². The second kappa shape index (κ2) is 8.05. The van der Waals surface area contributed by atoms with Gasteiger partial charge in [-0.3, -0.25) is 20.0 Å². The Kier molecular flexibility index (Phi) is 5.48. The van der Waals surface area contributed by atoms with E-state index in [1.807, 2.05) is 0 Å². The van der Waals surface area contributed by atoms with Gasteiger partial charge in [0.05, 0.1) is 35.6 Å². The number of anilines is 1. The number of nitrogens with zero attached hydrogens (tertiary/aromatic N) is 3. The van der Waals surface area contributed by atoms with Gasteiger partial charge in [-0.1, -0.05) is 18.2 Å². The first kappa shape index (κ1) is 19.7. The minimum atomic E-state index is -4.69. The van der Waals surface area contributed by atoms with Gasteiger partial charge in [0.15, 0.2) is 5.13 Å². The lowest BCUT2D eigenvalue weighted by Gasteiger charge is -2.25. The molecule has 0 saturated carbocycles. The first-order valence-corrected chi connectivity index (χ1v) is 9.80. The van der Waals surface area contributed by atoms with Gasteiger partial charge in [0, 0.05) is 36.6 Å². The van der Waals surface area contributed by atoms with E-state index >= 15 is 0 Å². The highest BCUT2D eigenvalue weighted by Gasteiger charge is 2.37. The maximum atomic E-state index is 13.7. The molecule has 4 rings (SSSR count). The summed E-state index contributed by atoms with van der Waals surface area (Å²) in [5.74, 6) is -0.886. The van der Waals surface area contributed by atoms with Crippen LogP contribution < -0.4 is 5.32 Å². The van der Waals surface area contributed by atoms with E-state index in [0.717, 1.165) is 25.0 Å². The zero-order chi connectivity index (χ0) is 20.4. The Bertz CT molecular complexity index is 1030. The summed E-state index contributed by atoms with van der Waals surface area (Å²) >= 11 is 1.18. The van der Waals surface area contributed by atoms with E-state index in [1.54, 1.807) is 11.4 Å². The number of alkyl halides is 3. The summed E-state index contributed by atoms with van der Waals surface area (Å²) in [6, 6.07) is 5.87. The number of hydrogen-bond acceptors (Lipinski definition) is 6.